The van der Waals surface area contributed by atoms with Crippen LogP contribution in [0, 0.1) is 0 Å². The van der Waals surface area contributed by atoms with Crippen LogP contribution in [0.1, 0.15) is 21.5 Å². The van der Waals surface area contributed by atoms with E-state index in [1.165, 1.54) is 17.0 Å². The highest BCUT2D eigenvalue weighted by molar-refractivity contribution is 6.34. The van der Waals surface area contributed by atoms with Crippen molar-refractivity contribution in [2.24, 2.45) is 0 Å². The summed E-state index contributed by atoms with van der Waals surface area (Å²) >= 11 is 6.03. The lowest BCUT2D eigenvalue weighted by Crippen LogP contribution is -2.25. The van der Waals surface area contributed by atoms with Gasteiger partial charge in [-0.05, 0) is 53.6 Å². The van der Waals surface area contributed by atoms with E-state index >= 15 is 0 Å². The van der Waals surface area contributed by atoms with Gasteiger partial charge in [-0.1, -0.05) is 54.1 Å². The maximum Gasteiger partial charge on any atom is 0.337 e. The van der Waals surface area contributed by atoms with Crippen molar-refractivity contribution >= 4 is 40.9 Å². The summed E-state index contributed by atoms with van der Waals surface area (Å²) in [4.78, 5) is 26.4. The summed E-state index contributed by atoms with van der Waals surface area (Å²) in [6.07, 6.45) is 3.59. The van der Waals surface area contributed by atoms with E-state index in [4.69, 9.17) is 16.3 Å². The first-order chi connectivity index (χ1) is 15.0. The zero-order valence-corrected chi connectivity index (χ0v) is 17.3. The van der Waals surface area contributed by atoms with Crippen molar-refractivity contribution < 1.29 is 19.4 Å². The molecule has 3 aromatic rings. The van der Waals surface area contributed by atoms with Crippen molar-refractivity contribution in [3.05, 3.63) is 106 Å². The van der Waals surface area contributed by atoms with E-state index in [0.29, 0.717) is 17.0 Å². The molecule has 6 heteroatoms. The molecule has 0 fully saturated rings. The monoisotopic (exact) mass is 431 g/mol. The molecular formula is C25H18ClNO4. The SMILES string of the molecule is COc1ccc(/C=C2\C=C(c3ccccc3)N(c3ccc(Cl)c(C(=O)O)c3)C2=O)cc1. The number of rotatable bonds is 5. The highest BCUT2D eigenvalue weighted by Gasteiger charge is 2.31. The van der Waals surface area contributed by atoms with Gasteiger partial charge in [-0.2, -0.15) is 0 Å². The summed E-state index contributed by atoms with van der Waals surface area (Å²) in [5.41, 5.74) is 3.18. The number of ether oxygens (including phenoxy) is 1. The van der Waals surface area contributed by atoms with E-state index in [1.807, 2.05) is 54.6 Å². The van der Waals surface area contributed by atoms with Gasteiger partial charge in [0, 0.05) is 5.57 Å². The molecule has 0 radical (unpaired) electrons. The average molecular weight is 432 g/mol. The first-order valence-corrected chi connectivity index (χ1v) is 9.86. The van der Waals surface area contributed by atoms with Gasteiger partial charge in [0.2, 0.25) is 0 Å². The number of halogens is 1. The maximum absolute atomic E-state index is 13.4. The molecule has 4 rings (SSSR count). The summed E-state index contributed by atoms with van der Waals surface area (Å²) < 4.78 is 5.18. The smallest absolute Gasteiger partial charge is 0.337 e. The number of carbonyl (C=O) groups excluding carboxylic acids is 1. The molecule has 0 aromatic heterocycles. The van der Waals surface area contributed by atoms with Crippen LogP contribution in [0.5, 0.6) is 5.75 Å². The lowest BCUT2D eigenvalue weighted by Gasteiger charge is -2.21. The Morgan fingerprint density at radius 1 is 1.03 bits per heavy atom. The first-order valence-electron chi connectivity index (χ1n) is 9.48. The van der Waals surface area contributed by atoms with Crippen molar-refractivity contribution in [2.75, 3.05) is 12.0 Å². The number of amides is 1. The highest BCUT2D eigenvalue weighted by Crippen LogP contribution is 2.36. The second kappa shape index (κ2) is 8.50. The molecule has 0 atom stereocenters. The molecule has 0 bridgehead atoms. The van der Waals surface area contributed by atoms with Gasteiger partial charge < -0.3 is 9.84 Å². The number of aromatic carboxylic acids is 1. The number of methoxy groups -OCH3 is 1. The standard InChI is InChI=1S/C25H18ClNO4/c1-31-20-10-7-16(8-11-20)13-18-14-23(17-5-3-2-4-6-17)27(24(18)28)19-9-12-22(26)21(15-19)25(29)30/h2-15H,1H3,(H,29,30)/b18-13+. The van der Waals surface area contributed by atoms with E-state index in [9.17, 15) is 14.7 Å². The van der Waals surface area contributed by atoms with Crippen LogP contribution < -0.4 is 9.64 Å². The molecule has 1 heterocycles. The van der Waals surface area contributed by atoms with E-state index in [-0.39, 0.29) is 16.5 Å². The summed E-state index contributed by atoms with van der Waals surface area (Å²) in [6.45, 7) is 0. The van der Waals surface area contributed by atoms with Crippen LogP contribution in [0.2, 0.25) is 5.02 Å². The van der Waals surface area contributed by atoms with Crippen molar-refractivity contribution in [1.29, 1.82) is 0 Å². The van der Waals surface area contributed by atoms with Crippen LogP contribution >= 0.6 is 11.6 Å². The second-order valence-corrected chi connectivity index (χ2v) is 7.29. The summed E-state index contributed by atoms with van der Waals surface area (Å²) in [5.74, 6) is -0.685. The van der Waals surface area contributed by atoms with Gasteiger partial charge in [-0.15, -0.1) is 0 Å². The molecule has 1 aliphatic rings. The number of carbonyl (C=O) groups is 2. The first kappa shape index (κ1) is 20.4. The molecule has 3 aromatic carbocycles. The number of nitrogens with zero attached hydrogens (tertiary/aromatic N) is 1. The predicted molar refractivity (Wildman–Crippen MR) is 121 cm³/mol. The third-order valence-electron chi connectivity index (χ3n) is 4.93. The largest absolute Gasteiger partial charge is 0.497 e. The number of hydrogen-bond acceptors (Lipinski definition) is 3. The molecule has 5 nitrogen and oxygen atoms in total. The summed E-state index contributed by atoms with van der Waals surface area (Å²) in [6, 6.07) is 21.4. The fourth-order valence-corrected chi connectivity index (χ4v) is 3.59. The third kappa shape index (κ3) is 4.09. The fraction of sp³-hybridized carbons (Fsp3) is 0.0400. The normalized spacial score (nSPS) is 14.6. The molecule has 1 aliphatic heterocycles. The van der Waals surface area contributed by atoms with Gasteiger partial charge in [-0.25, -0.2) is 4.79 Å². The Hall–Kier alpha value is -3.83. The molecule has 1 N–H and O–H groups in total. The Morgan fingerprint density at radius 2 is 1.74 bits per heavy atom. The van der Waals surface area contributed by atoms with Crippen LogP contribution in [0.4, 0.5) is 5.69 Å². The highest BCUT2D eigenvalue weighted by atomic mass is 35.5. The molecule has 1 amide bonds. The van der Waals surface area contributed by atoms with Crippen molar-refractivity contribution in [3.63, 3.8) is 0 Å². The zero-order valence-electron chi connectivity index (χ0n) is 16.6. The molecular weight excluding hydrogens is 414 g/mol. The maximum atomic E-state index is 13.4. The molecule has 154 valence electrons. The number of anilines is 1. The van der Waals surface area contributed by atoms with Gasteiger partial charge >= 0.3 is 5.97 Å². The van der Waals surface area contributed by atoms with Gasteiger partial charge in [0.25, 0.3) is 5.91 Å². The summed E-state index contributed by atoms with van der Waals surface area (Å²) in [5, 5.41) is 9.56. The lowest BCUT2D eigenvalue weighted by molar-refractivity contribution is -0.113. The number of carboxylic acid groups (broad SMARTS) is 1. The van der Waals surface area contributed by atoms with Crippen molar-refractivity contribution in [2.45, 2.75) is 0 Å². The van der Waals surface area contributed by atoms with Crippen LogP contribution in [0.3, 0.4) is 0 Å². The zero-order chi connectivity index (χ0) is 22.0. The minimum absolute atomic E-state index is 0.0630. The quantitative estimate of drug-likeness (QED) is 0.540. The lowest BCUT2D eigenvalue weighted by atomic mass is 10.1. The second-order valence-electron chi connectivity index (χ2n) is 6.88. The Morgan fingerprint density at radius 3 is 2.39 bits per heavy atom. The molecule has 0 unspecified atom stereocenters. The van der Waals surface area contributed by atoms with Crippen molar-refractivity contribution in [1.82, 2.24) is 0 Å². The Kier molecular flexibility index (Phi) is 5.60. The van der Waals surface area contributed by atoms with Crippen LogP contribution in [0.15, 0.2) is 84.4 Å². The van der Waals surface area contributed by atoms with E-state index in [0.717, 1.165) is 16.9 Å². The minimum Gasteiger partial charge on any atom is -0.497 e. The number of benzene rings is 3. The third-order valence-corrected chi connectivity index (χ3v) is 5.26. The minimum atomic E-state index is -1.15. The molecule has 0 aliphatic carbocycles. The fourth-order valence-electron chi connectivity index (χ4n) is 3.39. The van der Waals surface area contributed by atoms with E-state index < -0.39 is 5.97 Å². The van der Waals surface area contributed by atoms with Crippen LogP contribution in [0.25, 0.3) is 11.8 Å². The Balaban J connectivity index is 1.81. The van der Waals surface area contributed by atoms with Gasteiger partial charge in [0.05, 0.1) is 29.1 Å². The Labute approximate surface area is 184 Å². The predicted octanol–water partition coefficient (Wildman–Crippen LogP) is 5.52. The molecule has 0 saturated heterocycles. The Bertz CT molecular complexity index is 1210. The number of carboxylic acids is 1. The topological polar surface area (TPSA) is 66.8 Å². The molecule has 31 heavy (non-hydrogen) atoms. The van der Waals surface area contributed by atoms with Crippen molar-refractivity contribution in [3.8, 4) is 5.75 Å². The van der Waals surface area contributed by atoms with Gasteiger partial charge in [0.15, 0.2) is 0 Å². The number of hydrogen-bond donors (Lipinski definition) is 1. The van der Waals surface area contributed by atoms with E-state index in [2.05, 4.69) is 0 Å². The van der Waals surface area contributed by atoms with Gasteiger partial charge in [-0.3, -0.25) is 9.69 Å². The molecule has 0 spiro atoms. The molecule has 0 saturated carbocycles. The summed E-state index contributed by atoms with van der Waals surface area (Å²) in [7, 11) is 1.60. The van der Waals surface area contributed by atoms with E-state index in [1.54, 1.807) is 25.3 Å². The average Bonchev–Trinajstić information content (AvgIpc) is 3.11. The van der Waals surface area contributed by atoms with Gasteiger partial charge in [0.1, 0.15) is 5.75 Å². The van der Waals surface area contributed by atoms with Crippen LogP contribution in [-0.4, -0.2) is 24.1 Å². The van der Waals surface area contributed by atoms with Crippen LogP contribution in [-0.2, 0) is 4.79 Å².